The Kier molecular flexibility index (Phi) is 46.2. The van der Waals surface area contributed by atoms with Crippen molar-refractivity contribution in [2.45, 2.75) is 270 Å². The largest absolute Gasteiger partial charge is 0.466 e. The van der Waals surface area contributed by atoms with Gasteiger partial charge >= 0.3 is 5.97 Å². The van der Waals surface area contributed by atoms with E-state index in [1.807, 2.05) is 6.08 Å². The number of carbonyl (C=O) groups excluding carboxylic acids is 2. The summed E-state index contributed by atoms with van der Waals surface area (Å²) in [6, 6.07) is -0.646. The van der Waals surface area contributed by atoms with E-state index in [9.17, 15) is 19.8 Å². The zero-order valence-electron chi connectivity index (χ0n) is 38.5. The number of aliphatic hydroxyl groups excluding tert-OH is 2. The van der Waals surface area contributed by atoms with Gasteiger partial charge in [0.1, 0.15) is 0 Å². The van der Waals surface area contributed by atoms with Crippen molar-refractivity contribution in [3.05, 3.63) is 36.5 Å². The smallest absolute Gasteiger partial charge is 0.305 e. The van der Waals surface area contributed by atoms with Crippen LogP contribution in [0.15, 0.2) is 36.5 Å². The number of hydrogen-bond acceptors (Lipinski definition) is 5. The highest BCUT2D eigenvalue weighted by Gasteiger charge is 2.18. The number of esters is 1. The van der Waals surface area contributed by atoms with E-state index in [0.717, 1.165) is 70.6 Å². The van der Waals surface area contributed by atoms with Crippen LogP contribution in [-0.4, -0.2) is 47.4 Å². The number of amides is 1. The monoisotopic (exact) mass is 816 g/mol. The van der Waals surface area contributed by atoms with Gasteiger partial charge in [-0.1, -0.05) is 217 Å². The summed E-state index contributed by atoms with van der Waals surface area (Å²) in [7, 11) is 0. The lowest BCUT2D eigenvalue weighted by Crippen LogP contribution is -2.45. The second-order valence-corrected chi connectivity index (χ2v) is 17.1. The molecule has 0 rings (SSSR count). The number of carbonyl (C=O) groups is 2. The van der Waals surface area contributed by atoms with Crippen molar-refractivity contribution in [1.29, 1.82) is 0 Å². The Bertz CT molecular complexity index is 946. The summed E-state index contributed by atoms with van der Waals surface area (Å²) in [5, 5.41) is 23.0. The molecule has 2 unspecified atom stereocenters. The molecule has 3 N–H and O–H groups in total. The van der Waals surface area contributed by atoms with Crippen molar-refractivity contribution in [1.82, 2.24) is 5.32 Å². The van der Waals surface area contributed by atoms with Gasteiger partial charge in [0.25, 0.3) is 0 Å². The molecule has 0 bridgehead atoms. The lowest BCUT2D eigenvalue weighted by atomic mass is 10.0. The molecule has 1 amide bonds. The number of unbranched alkanes of at least 4 members (excludes halogenated alkanes) is 31. The lowest BCUT2D eigenvalue weighted by molar-refractivity contribution is -0.143. The number of nitrogens with one attached hydrogen (secondary N) is 1. The van der Waals surface area contributed by atoms with E-state index in [4.69, 9.17) is 4.74 Å². The van der Waals surface area contributed by atoms with Gasteiger partial charge in [0.05, 0.1) is 25.4 Å². The molecule has 0 saturated carbocycles. The number of allylic oxidation sites excluding steroid dienone is 5. The molecule has 0 spiro atoms. The van der Waals surface area contributed by atoms with Crippen LogP contribution >= 0.6 is 0 Å². The van der Waals surface area contributed by atoms with E-state index >= 15 is 0 Å². The summed E-state index contributed by atoms with van der Waals surface area (Å²) >= 11 is 0. The highest BCUT2D eigenvalue weighted by molar-refractivity contribution is 5.76. The van der Waals surface area contributed by atoms with E-state index in [1.54, 1.807) is 6.08 Å². The Hall–Kier alpha value is -1.92. The second kappa shape index (κ2) is 47.8. The van der Waals surface area contributed by atoms with Gasteiger partial charge in [-0.25, -0.2) is 0 Å². The van der Waals surface area contributed by atoms with Crippen molar-refractivity contribution < 1.29 is 24.5 Å². The Labute approximate surface area is 360 Å². The topological polar surface area (TPSA) is 95.9 Å². The zero-order valence-corrected chi connectivity index (χ0v) is 38.5. The molecular weight excluding hydrogens is 719 g/mol. The summed E-state index contributed by atoms with van der Waals surface area (Å²) in [4.78, 5) is 24.4. The number of aliphatic hydroxyl groups is 2. The molecular formula is C52H97NO5. The van der Waals surface area contributed by atoms with Gasteiger partial charge in [-0.05, 0) is 64.2 Å². The Balaban J connectivity index is 3.54. The van der Waals surface area contributed by atoms with Gasteiger partial charge in [-0.2, -0.15) is 0 Å². The van der Waals surface area contributed by atoms with Gasteiger partial charge in [0.2, 0.25) is 5.91 Å². The maximum Gasteiger partial charge on any atom is 0.305 e. The zero-order chi connectivity index (χ0) is 42.3. The number of ether oxygens (including phenoxy) is 1. The van der Waals surface area contributed by atoms with Gasteiger partial charge in [0, 0.05) is 12.8 Å². The van der Waals surface area contributed by atoms with Crippen molar-refractivity contribution in [3.8, 4) is 0 Å². The molecule has 0 radical (unpaired) electrons. The summed E-state index contributed by atoms with van der Waals surface area (Å²) in [6.07, 6.45) is 57.0. The van der Waals surface area contributed by atoms with Gasteiger partial charge in [-0.3, -0.25) is 9.59 Å². The van der Waals surface area contributed by atoms with Crippen molar-refractivity contribution in [3.63, 3.8) is 0 Å². The van der Waals surface area contributed by atoms with Crippen molar-refractivity contribution >= 4 is 11.9 Å². The molecule has 6 nitrogen and oxygen atoms in total. The van der Waals surface area contributed by atoms with Crippen LogP contribution in [0.2, 0.25) is 0 Å². The summed E-state index contributed by atoms with van der Waals surface area (Å²) in [5.41, 5.74) is 0. The molecule has 0 aromatic rings. The Morgan fingerprint density at radius 3 is 1.34 bits per heavy atom. The molecule has 0 aliphatic heterocycles. The van der Waals surface area contributed by atoms with Crippen LogP contribution in [0.5, 0.6) is 0 Å². The van der Waals surface area contributed by atoms with Gasteiger partial charge in [0.15, 0.2) is 0 Å². The first-order chi connectivity index (χ1) is 28.5. The van der Waals surface area contributed by atoms with Crippen LogP contribution in [0, 0.1) is 0 Å². The second-order valence-electron chi connectivity index (χ2n) is 17.1. The number of rotatable bonds is 46. The normalized spacial score (nSPS) is 13.0. The predicted molar refractivity (Wildman–Crippen MR) is 250 cm³/mol. The molecule has 0 aromatic heterocycles. The van der Waals surface area contributed by atoms with Crippen LogP contribution in [-0.2, 0) is 14.3 Å². The number of hydrogen-bond donors (Lipinski definition) is 3. The molecule has 6 heteroatoms. The molecule has 0 saturated heterocycles. The fourth-order valence-corrected chi connectivity index (χ4v) is 7.49. The Morgan fingerprint density at radius 2 is 0.862 bits per heavy atom. The minimum Gasteiger partial charge on any atom is -0.466 e. The summed E-state index contributed by atoms with van der Waals surface area (Å²) in [6.45, 7) is 4.81. The first kappa shape index (κ1) is 56.1. The standard InChI is InChI=1S/C52H97NO5/c1-3-5-7-9-11-13-15-17-19-21-22-24-28-32-36-40-44-50(55)49(48-54)53-51(56)45-41-37-33-29-26-27-31-35-39-43-47-58-52(57)46-42-38-34-30-25-23-20-18-16-14-12-10-8-6-4-2/h12,14,18,20,40,44,49-50,54-55H,3-11,13,15-17,19,21-39,41-43,45-48H2,1-2H3,(H,53,56)/b14-12-,20-18-,44-40+. The van der Waals surface area contributed by atoms with Crippen LogP contribution in [0.1, 0.15) is 258 Å². The third kappa shape index (κ3) is 43.7. The highest BCUT2D eigenvalue weighted by atomic mass is 16.5. The Morgan fingerprint density at radius 1 is 0.483 bits per heavy atom. The molecule has 2 atom stereocenters. The van der Waals surface area contributed by atoms with Gasteiger partial charge in [-0.15, -0.1) is 0 Å². The van der Waals surface area contributed by atoms with Crippen LogP contribution in [0.25, 0.3) is 0 Å². The molecule has 340 valence electrons. The van der Waals surface area contributed by atoms with Crippen LogP contribution in [0.3, 0.4) is 0 Å². The van der Waals surface area contributed by atoms with E-state index in [-0.39, 0.29) is 18.5 Å². The summed E-state index contributed by atoms with van der Waals surface area (Å²) in [5.74, 6) is -0.127. The fraction of sp³-hybridized carbons (Fsp3) is 0.846. The average Bonchev–Trinajstić information content (AvgIpc) is 3.22. The van der Waals surface area contributed by atoms with Crippen molar-refractivity contribution in [2.24, 2.45) is 0 Å². The maximum absolute atomic E-state index is 12.4. The third-order valence-corrected chi connectivity index (χ3v) is 11.4. The molecule has 58 heavy (non-hydrogen) atoms. The summed E-state index contributed by atoms with van der Waals surface area (Å²) < 4.78 is 5.44. The fourth-order valence-electron chi connectivity index (χ4n) is 7.49. The molecule has 0 fully saturated rings. The van der Waals surface area contributed by atoms with E-state index in [2.05, 4.69) is 43.5 Å². The third-order valence-electron chi connectivity index (χ3n) is 11.4. The van der Waals surface area contributed by atoms with Crippen LogP contribution in [0.4, 0.5) is 0 Å². The lowest BCUT2D eigenvalue weighted by Gasteiger charge is -2.20. The van der Waals surface area contributed by atoms with E-state index < -0.39 is 12.1 Å². The molecule has 0 aliphatic rings. The minimum atomic E-state index is -0.860. The van der Waals surface area contributed by atoms with E-state index in [1.165, 1.54) is 161 Å². The highest BCUT2D eigenvalue weighted by Crippen LogP contribution is 2.15. The van der Waals surface area contributed by atoms with Crippen LogP contribution < -0.4 is 5.32 Å². The SMILES string of the molecule is CCCCC/C=C\C/C=C\CCCCCCCC(=O)OCCCCCCCCCCCCC(=O)NC(CO)C(O)/C=C/CCCCCCCCCCCCCCCC. The van der Waals surface area contributed by atoms with Crippen molar-refractivity contribution in [2.75, 3.05) is 13.2 Å². The maximum atomic E-state index is 12.4. The molecule has 0 heterocycles. The van der Waals surface area contributed by atoms with E-state index in [0.29, 0.717) is 19.4 Å². The first-order valence-electron chi connectivity index (χ1n) is 25.3. The quantitative estimate of drug-likeness (QED) is 0.0323. The van der Waals surface area contributed by atoms with Gasteiger partial charge < -0.3 is 20.3 Å². The average molecular weight is 816 g/mol. The molecule has 0 aromatic carbocycles. The molecule has 0 aliphatic carbocycles. The predicted octanol–water partition coefficient (Wildman–Crippen LogP) is 14.9. The first-order valence-corrected chi connectivity index (χ1v) is 25.3. The minimum absolute atomic E-state index is 0.0353.